The Morgan fingerprint density at radius 2 is 1.88 bits per heavy atom. The summed E-state index contributed by atoms with van der Waals surface area (Å²) in [6.07, 6.45) is 0.650. The van der Waals surface area contributed by atoms with Crippen LogP contribution in [-0.4, -0.2) is 22.1 Å². The normalized spacial score (nSPS) is 21.6. The number of benzene rings is 1. The van der Waals surface area contributed by atoms with Gasteiger partial charge in [0.15, 0.2) is 0 Å². The molecule has 3 rings (SSSR count). The number of nitrogens with zero attached hydrogens (tertiary/aromatic N) is 1. The zero-order valence-corrected chi connectivity index (χ0v) is 12.5. The van der Waals surface area contributed by atoms with Gasteiger partial charge < -0.3 is 4.74 Å². The van der Waals surface area contributed by atoms with E-state index in [1.54, 1.807) is 4.98 Å². The number of nitrogens with one attached hydrogen (secondary N) is 1. The molecule has 1 aliphatic rings. The predicted molar refractivity (Wildman–Crippen MR) is 79.3 cm³/mol. The first-order valence-corrected chi connectivity index (χ1v) is 7.38. The average molecular weight is 340 g/mol. The molecule has 1 fully saturated rings. The quantitative estimate of drug-likeness (QED) is 0.872. The van der Waals surface area contributed by atoms with Crippen molar-refractivity contribution in [1.82, 2.24) is 9.55 Å². The molecule has 0 radical (unpaired) electrons. The van der Waals surface area contributed by atoms with Crippen LogP contribution in [-0.2, 0) is 17.9 Å². The Morgan fingerprint density at radius 3 is 2.58 bits per heavy atom. The fraction of sp³-hybridized carbons (Fsp3) is 0.375. The number of rotatable bonds is 6. The van der Waals surface area contributed by atoms with Crippen LogP contribution in [0.1, 0.15) is 5.56 Å². The summed E-state index contributed by atoms with van der Waals surface area (Å²) in [5.41, 5.74) is -1.20. The standard InChI is InChI=1S/C16H15F3N2O3/c17-13-7-21(15(23)20-14(13)22)6-11-12(16(11,18)19)9-24-8-10-4-2-1-3-5-10/h1-5,7,11-12H,6,8-9H2,(H,20,22,23)/t11-,12+/m0/s1. The molecule has 128 valence electrons. The highest BCUT2D eigenvalue weighted by Gasteiger charge is 2.68. The molecule has 1 aromatic carbocycles. The lowest BCUT2D eigenvalue weighted by molar-refractivity contribution is 0.0454. The Balaban J connectivity index is 1.60. The van der Waals surface area contributed by atoms with Crippen molar-refractivity contribution >= 4 is 0 Å². The van der Waals surface area contributed by atoms with E-state index in [0.717, 1.165) is 10.1 Å². The van der Waals surface area contributed by atoms with Crippen molar-refractivity contribution in [1.29, 1.82) is 0 Å². The van der Waals surface area contributed by atoms with Gasteiger partial charge in [-0.1, -0.05) is 30.3 Å². The van der Waals surface area contributed by atoms with Gasteiger partial charge in [0.05, 0.1) is 31.2 Å². The van der Waals surface area contributed by atoms with Gasteiger partial charge in [-0.2, -0.15) is 4.39 Å². The van der Waals surface area contributed by atoms with Crippen molar-refractivity contribution < 1.29 is 17.9 Å². The maximum atomic E-state index is 13.8. The van der Waals surface area contributed by atoms with Crippen molar-refractivity contribution in [3.05, 3.63) is 68.7 Å². The summed E-state index contributed by atoms with van der Waals surface area (Å²) in [5, 5.41) is 0. The highest BCUT2D eigenvalue weighted by Crippen LogP contribution is 2.56. The second kappa shape index (κ2) is 6.27. The van der Waals surface area contributed by atoms with E-state index in [1.165, 1.54) is 0 Å². The van der Waals surface area contributed by atoms with E-state index in [0.29, 0.717) is 6.20 Å². The summed E-state index contributed by atoms with van der Waals surface area (Å²) in [7, 11) is 0. The second-order valence-corrected chi connectivity index (χ2v) is 5.78. The number of aromatic amines is 1. The van der Waals surface area contributed by atoms with E-state index in [-0.39, 0.29) is 19.8 Å². The lowest BCUT2D eigenvalue weighted by atomic mass is 10.2. The molecule has 8 heteroatoms. The van der Waals surface area contributed by atoms with Crippen molar-refractivity contribution in [3.63, 3.8) is 0 Å². The van der Waals surface area contributed by atoms with Crippen LogP contribution >= 0.6 is 0 Å². The number of alkyl halides is 2. The molecule has 0 aliphatic heterocycles. The molecule has 1 saturated carbocycles. The summed E-state index contributed by atoms with van der Waals surface area (Å²) in [6.45, 7) is -0.320. The van der Waals surface area contributed by atoms with E-state index < -0.39 is 34.8 Å². The van der Waals surface area contributed by atoms with Crippen LogP contribution in [0.4, 0.5) is 13.2 Å². The molecule has 0 bridgehead atoms. The molecule has 2 aromatic rings. The summed E-state index contributed by atoms with van der Waals surface area (Å²) in [4.78, 5) is 24.2. The number of hydrogen-bond donors (Lipinski definition) is 1. The first kappa shape index (κ1) is 16.5. The van der Waals surface area contributed by atoms with Crippen molar-refractivity contribution in [2.75, 3.05) is 6.61 Å². The highest BCUT2D eigenvalue weighted by molar-refractivity contribution is 5.13. The van der Waals surface area contributed by atoms with Crippen molar-refractivity contribution in [3.8, 4) is 0 Å². The Labute approximate surface area is 134 Å². The maximum absolute atomic E-state index is 13.8. The summed E-state index contributed by atoms with van der Waals surface area (Å²) in [5.74, 6) is -6.34. The molecule has 2 atom stereocenters. The number of hydrogen-bond acceptors (Lipinski definition) is 3. The largest absolute Gasteiger partial charge is 0.376 e. The molecule has 0 spiro atoms. The molecular formula is C16H15F3N2O3. The molecular weight excluding hydrogens is 325 g/mol. The zero-order valence-electron chi connectivity index (χ0n) is 12.5. The molecule has 24 heavy (non-hydrogen) atoms. The van der Waals surface area contributed by atoms with Gasteiger partial charge in [-0.05, 0) is 5.56 Å². The minimum absolute atomic E-state index is 0.160. The van der Waals surface area contributed by atoms with Crippen LogP contribution in [0.2, 0.25) is 0 Å². The van der Waals surface area contributed by atoms with Gasteiger partial charge in [-0.15, -0.1) is 0 Å². The van der Waals surface area contributed by atoms with Gasteiger partial charge in [0, 0.05) is 6.54 Å². The third-order valence-corrected chi connectivity index (χ3v) is 4.14. The minimum Gasteiger partial charge on any atom is -0.376 e. The summed E-state index contributed by atoms with van der Waals surface area (Å²) < 4.78 is 46.9. The SMILES string of the molecule is O=c1[nH]c(=O)n(C[C@H]2[C@@H](COCc3ccccc3)C2(F)F)cc1F. The first-order valence-electron chi connectivity index (χ1n) is 7.38. The van der Waals surface area contributed by atoms with Crippen LogP contribution in [0.15, 0.2) is 46.1 Å². The van der Waals surface area contributed by atoms with Gasteiger partial charge in [0.25, 0.3) is 11.5 Å². The fourth-order valence-electron chi connectivity index (χ4n) is 2.65. The predicted octanol–water partition coefficient (Wildman–Crippen LogP) is 1.77. The van der Waals surface area contributed by atoms with Gasteiger partial charge in [0.1, 0.15) is 0 Å². The molecule has 1 N–H and O–H groups in total. The average Bonchev–Trinajstić information content (AvgIpc) is 3.06. The first-order chi connectivity index (χ1) is 11.4. The molecule has 5 nitrogen and oxygen atoms in total. The molecule has 0 amide bonds. The van der Waals surface area contributed by atoms with Gasteiger partial charge in [-0.25, -0.2) is 13.6 Å². The maximum Gasteiger partial charge on any atom is 0.328 e. The number of halogens is 3. The second-order valence-electron chi connectivity index (χ2n) is 5.78. The lowest BCUT2D eigenvalue weighted by Crippen LogP contribution is -2.32. The van der Waals surface area contributed by atoms with Gasteiger partial charge >= 0.3 is 5.69 Å². The zero-order chi connectivity index (χ0) is 17.3. The smallest absolute Gasteiger partial charge is 0.328 e. The summed E-state index contributed by atoms with van der Waals surface area (Å²) >= 11 is 0. The number of ether oxygens (including phenoxy) is 1. The molecule has 0 unspecified atom stereocenters. The van der Waals surface area contributed by atoms with Crippen LogP contribution < -0.4 is 11.2 Å². The van der Waals surface area contributed by atoms with Crippen LogP contribution in [0.5, 0.6) is 0 Å². The van der Waals surface area contributed by atoms with E-state index >= 15 is 0 Å². The van der Waals surface area contributed by atoms with Gasteiger partial charge in [0.2, 0.25) is 5.82 Å². The molecule has 1 aliphatic carbocycles. The molecule has 1 heterocycles. The topological polar surface area (TPSA) is 64.1 Å². The number of H-pyrrole nitrogens is 1. The third kappa shape index (κ3) is 3.28. The van der Waals surface area contributed by atoms with E-state index in [1.807, 2.05) is 30.3 Å². The van der Waals surface area contributed by atoms with E-state index in [4.69, 9.17) is 4.74 Å². The Morgan fingerprint density at radius 1 is 1.17 bits per heavy atom. The highest BCUT2D eigenvalue weighted by atomic mass is 19.3. The lowest BCUT2D eigenvalue weighted by Gasteiger charge is -2.04. The summed E-state index contributed by atoms with van der Waals surface area (Å²) in [6, 6.07) is 9.14. The van der Waals surface area contributed by atoms with Crippen LogP contribution in [0.25, 0.3) is 0 Å². The Hall–Kier alpha value is -2.35. The Kier molecular flexibility index (Phi) is 4.31. The van der Waals surface area contributed by atoms with E-state index in [2.05, 4.69) is 0 Å². The van der Waals surface area contributed by atoms with Crippen molar-refractivity contribution in [2.45, 2.75) is 19.1 Å². The Bertz CT molecular complexity index is 832. The van der Waals surface area contributed by atoms with Crippen LogP contribution in [0.3, 0.4) is 0 Å². The third-order valence-electron chi connectivity index (χ3n) is 4.14. The minimum atomic E-state index is -2.98. The van der Waals surface area contributed by atoms with E-state index in [9.17, 15) is 22.8 Å². The fourth-order valence-corrected chi connectivity index (χ4v) is 2.65. The van der Waals surface area contributed by atoms with Gasteiger partial charge in [-0.3, -0.25) is 14.3 Å². The van der Waals surface area contributed by atoms with Crippen LogP contribution in [0, 0.1) is 17.7 Å². The number of aromatic nitrogens is 2. The molecule has 0 saturated heterocycles. The molecule has 1 aromatic heterocycles. The van der Waals surface area contributed by atoms with Crippen molar-refractivity contribution in [2.24, 2.45) is 11.8 Å². The monoisotopic (exact) mass is 340 g/mol.